The van der Waals surface area contributed by atoms with Crippen molar-refractivity contribution < 1.29 is 13.2 Å². The molecule has 1 aliphatic heterocycles. The van der Waals surface area contributed by atoms with E-state index in [9.17, 15) is 13.2 Å². The molecule has 0 aromatic heterocycles. The van der Waals surface area contributed by atoms with Crippen LogP contribution in [0.2, 0.25) is 5.02 Å². The molecule has 7 heteroatoms. The van der Waals surface area contributed by atoms with Crippen molar-refractivity contribution >= 4 is 27.5 Å². The lowest BCUT2D eigenvalue weighted by molar-refractivity contribution is 0.0715. The third-order valence-electron chi connectivity index (χ3n) is 6.00. The number of carbonyl (C=O) groups excluding carboxylic acids is 1. The van der Waals surface area contributed by atoms with Crippen molar-refractivity contribution in [1.29, 1.82) is 0 Å². The van der Waals surface area contributed by atoms with Crippen LogP contribution in [0, 0.1) is 0 Å². The molecule has 154 valence electrons. The fourth-order valence-corrected chi connectivity index (χ4v) is 6.11. The maximum absolute atomic E-state index is 13.3. The number of benzene rings is 2. The van der Waals surface area contributed by atoms with Gasteiger partial charge in [-0.15, -0.1) is 0 Å². The Labute approximate surface area is 177 Å². The summed E-state index contributed by atoms with van der Waals surface area (Å²) in [6, 6.07) is 12.6. The third-order valence-corrected chi connectivity index (χ3v) is 8.22. The number of carbonyl (C=O) groups is 1. The molecule has 2 aromatic carbocycles. The molecule has 0 saturated carbocycles. The summed E-state index contributed by atoms with van der Waals surface area (Å²) in [5.74, 6) is -0.254. The minimum absolute atomic E-state index is 0.0395. The Morgan fingerprint density at radius 3 is 2.59 bits per heavy atom. The van der Waals surface area contributed by atoms with E-state index in [1.165, 1.54) is 28.1 Å². The summed E-state index contributed by atoms with van der Waals surface area (Å²) in [6.07, 6.45) is 4.63. The van der Waals surface area contributed by atoms with Crippen LogP contribution in [0.15, 0.2) is 47.4 Å². The van der Waals surface area contributed by atoms with E-state index < -0.39 is 10.0 Å². The van der Waals surface area contributed by atoms with Crippen LogP contribution in [-0.2, 0) is 16.4 Å². The predicted molar refractivity (Wildman–Crippen MR) is 114 cm³/mol. The number of nitrogens with zero attached hydrogens (tertiary/aromatic N) is 2. The minimum Gasteiger partial charge on any atom is -0.335 e. The summed E-state index contributed by atoms with van der Waals surface area (Å²) in [5.41, 5.74) is 2.66. The highest BCUT2D eigenvalue weighted by Gasteiger charge is 2.31. The Kier molecular flexibility index (Phi) is 5.69. The number of hydrogen-bond donors (Lipinski definition) is 0. The molecule has 0 radical (unpaired) electrons. The first kappa shape index (κ1) is 20.4. The van der Waals surface area contributed by atoms with Crippen LogP contribution in [0.4, 0.5) is 0 Å². The molecule has 1 heterocycles. The standard InChI is InChI=1S/C22H25ClN2O3S/c1-24(21-10-6-8-16-7-2-3-9-18(16)21)22(26)19-15-17(11-12-20(19)23)29(27,28)25-13-4-5-14-25/h2-3,7,9,11-12,15,21H,4-6,8,10,13-14H2,1H3/t21-/m0/s1. The zero-order chi connectivity index (χ0) is 20.6. The lowest BCUT2D eigenvalue weighted by Gasteiger charge is -2.33. The van der Waals surface area contributed by atoms with Gasteiger partial charge in [0.2, 0.25) is 10.0 Å². The second kappa shape index (κ2) is 8.09. The SMILES string of the molecule is CN(C(=O)c1cc(S(=O)(=O)N2CCCC2)ccc1Cl)[C@H]1CCCc2ccccc21. The number of aryl methyl sites for hydroxylation is 1. The molecule has 1 saturated heterocycles. The van der Waals surface area contributed by atoms with Gasteiger partial charge in [0.05, 0.1) is 21.5 Å². The molecule has 2 aliphatic rings. The van der Waals surface area contributed by atoms with Crippen LogP contribution in [0.1, 0.15) is 53.2 Å². The van der Waals surface area contributed by atoms with E-state index in [2.05, 4.69) is 12.1 Å². The summed E-state index contributed by atoms with van der Waals surface area (Å²) in [4.78, 5) is 15.1. The highest BCUT2D eigenvalue weighted by Crippen LogP contribution is 2.35. The van der Waals surface area contributed by atoms with Gasteiger partial charge in [0, 0.05) is 20.1 Å². The fourth-order valence-electron chi connectivity index (χ4n) is 4.37. The maximum atomic E-state index is 13.3. The van der Waals surface area contributed by atoms with Crippen molar-refractivity contribution in [2.24, 2.45) is 0 Å². The Morgan fingerprint density at radius 2 is 1.83 bits per heavy atom. The molecule has 4 rings (SSSR count). The van der Waals surface area contributed by atoms with E-state index >= 15 is 0 Å². The second-order valence-corrected chi connectivity index (χ2v) is 10.1. The largest absolute Gasteiger partial charge is 0.335 e. The van der Waals surface area contributed by atoms with E-state index in [4.69, 9.17) is 11.6 Å². The monoisotopic (exact) mass is 432 g/mol. The van der Waals surface area contributed by atoms with Gasteiger partial charge in [-0.2, -0.15) is 4.31 Å². The molecule has 1 amide bonds. The van der Waals surface area contributed by atoms with Gasteiger partial charge in [0.15, 0.2) is 0 Å². The molecule has 2 aromatic rings. The Bertz CT molecular complexity index is 1030. The number of halogens is 1. The third kappa shape index (κ3) is 3.81. The van der Waals surface area contributed by atoms with Crippen molar-refractivity contribution in [3.8, 4) is 0 Å². The molecule has 29 heavy (non-hydrogen) atoms. The quantitative estimate of drug-likeness (QED) is 0.724. The minimum atomic E-state index is -3.61. The number of amides is 1. The molecular weight excluding hydrogens is 408 g/mol. The van der Waals surface area contributed by atoms with Gasteiger partial charge < -0.3 is 4.90 Å². The van der Waals surface area contributed by atoms with E-state index in [1.807, 2.05) is 12.1 Å². The van der Waals surface area contributed by atoms with E-state index in [0.717, 1.165) is 37.7 Å². The van der Waals surface area contributed by atoms with Crippen LogP contribution in [0.3, 0.4) is 0 Å². The predicted octanol–water partition coefficient (Wildman–Crippen LogP) is 4.27. The first-order valence-corrected chi connectivity index (χ1v) is 11.9. The molecule has 0 spiro atoms. The van der Waals surface area contributed by atoms with Gasteiger partial charge in [-0.3, -0.25) is 4.79 Å². The van der Waals surface area contributed by atoms with Gasteiger partial charge in [0.25, 0.3) is 5.91 Å². The van der Waals surface area contributed by atoms with Crippen molar-refractivity contribution in [2.75, 3.05) is 20.1 Å². The zero-order valence-corrected chi connectivity index (χ0v) is 18.0. The first-order chi connectivity index (χ1) is 13.9. The first-order valence-electron chi connectivity index (χ1n) is 10.0. The van der Waals surface area contributed by atoms with Gasteiger partial charge in [-0.1, -0.05) is 35.9 Å². The number of fused-ring (bicyclic) bond motifs is 1. The summed E-state index contributed by atoms with van der Waals surface area (Å²) in [5, 5.41) is 0.270. The summed E-state index contributed by atoms with van der Waals surface area (Å²) >= 11 is 6.33. The van der Waals surface area contributed by atoms with E-state index in [1.54, 1.807) is 11.9 Å². The summed E-state index contributed by atoms with van der Waals surface area (Å²) < 4.78 is 27.3. The molecule has 0 bridgehead atoms. The maximum Gasteiger partial charge on any atom is 0.255 e. The van der Waals surface area contributed by atoms with Crippen LogP contribution in [0.5, 0.6) is 0 Å². The average molecular weight is 433 g/mol. The second-order valence-electron chi connectivity index (χ2n) is 7.78. The topological polar surface area (TPSA) is 57.7 Å². The lowest BCUT2D eigenvalue weighted by atomic mass is 9.87. The molecule has 0 N–H and O–H groups in total. The van der Waals surface area contributed by atoms with E-state index in [-0.39, 0.29) is 27.4 Å². The fraction of sp³-hybridized carbons (Fsp3) is 0.409. The van der Waals surface area contributed by atoms with Gasteiger partial charge in [-0.25, -0.2) is 8.42 Å². The van der Waals surface area contributed by atoms with Gasteiger partial charge in [-0.05, 0) is 61.4 Å². The number of sulfonamides is 1. The highest BCUT2D eigenvalue weighted by atomic mass is 35.5. The van der Waals surface area contributed by atoms with Crippen LogP contribution < -0.4 is 0 Å². The molecule has 1 atom stereocenters. The Balaban J connectivity index is 1.65. The number of rotatable bonds is 4. The Hall–Kier alpha value is -1.89. The number of hydrogen-bond acceptors (Lipinski definition) is 3. The molecule has 0 unspecified atom stereocenters. The zero-order valence-electron chi connectivity index (χ0n) is 16.5. The molecule has 1 aliphatic carbocycles. The van der Waals surface area contributed by atoms with Gasteiger partial charge >= 0.3 is 0 Å². The summed E-state index contributed by atoms with van der Waals surface area (Å²) in [7, 11) is -1.84. The van der Waals surface area contributed by atoms with Crippen molar-refractivity contribution in [3.05, 3.63) is 64.2 Å². The molecular formula is C22H25ClN2O3S. The average Bonchev–Trinajstić information content (AvgIpc) is 3.28. The van der Waals surface area contributed by atoms with E-state index in [0.29, 0.717) is 13.1 Å². The van der Waals surface area contributed by atoms with Crippen LogP contribution in [0.25, 0.3) is 0 Å². The molecule has 5 nitrogen and oxygen atoms in total. The lowest BCUT2D eigenvalue weighted by Crippen LogP contribution is -2.34. The highest BCUT2D eigenvalue weighted by molar-refractivity contribution is 7.89. The van der Waals surface area contributed by atoms with Crippen LogP contribution in [-0.4, -0.2) is 43.7 Å². The Morgan fingerprint density at radius 1 is 1.10 bits per heavy atom. The summed E-state index contributed by atoms with van der Waals surface area (Å²) in [6.45, 7) is 1.04. The van der Waals surface area contributed by atoms with Crippen molar-refractivity contribution in [2.45, 2.75) is 43.0 Å². The normalized spacial score (nSPS) is 19.7. The van der Waals surface area contributed by atoms with Crippen LogP contribution >= 0.6 is 11.6 Å². The van der Waals surface area contributed by atoms with Gasteiger partial charge in [0.1, 0.15) is 0 Å². The smallest absolute Gasteiger partial charge is 0.255 e. The molecule has 1 fully saturated rings. The van der Waals surface area contributed by atoms with Crippen molar-refractivity contribution in [1.82, 2.24) is 9.21 Å². The van der Waals surface area contributed by atoms with Crippen molar-refractivity contribution in [3.63, 3.8) is 0 Å².